The molecule has 0 bridgehead atoms. The van der Waals surface area contributed by atoms with E-state index in [0.29, 0.717) is 0 Å². The van der Waals surface area contributed by atoms with Gasteiger partial charge in [-0.3, -0.25) is 0 Å². The molecule has 15 heavy (non-hydrogen) atoms. The molecule has 0 aromatic heterocycles. The van der Waals surface area contributed by atoms with Gasteiger partial charge in [0, 0.05) is 11.0 Å². The molecule has 80 valence electrons. The molecule has 0 saturated carbocycles. The van der Waals surface area contributed by atoms with Crippen LogP contribution in [-0.2, 0) is 11.0 Å². The predicted octanol–water partition coefficient (Wildman–Crippen LogP) is 3.61. The van der Waals surface area contributed by atoms with Gasteiger partial charge in [-0.25, -0.2) is 0 Å². The van der Waals surface area contributed by atoms with Crippen LogP contribution in [0.4, 0.5) is 0 Å². The van der Waals surface area contributed by atoms with E-state index in [1.807, 2.05) is 0 Å². The number of hydrogen-bond donors (Lipinski definition) is 0. The second-order valence-electron chi connectivity index (χ2n) is 6.06. The first-order valence-corrected chi connectivity index (χ1v) is 5.65. The van der Waals surface area contributed by atoms with Crippen LogP contribution in [-0.4, -0.2) is 0 Å². The molecular weight excluding hydrogens is 184 g/mol. The maximum Gasteiger partial charge on any atom is 0.141 e. The van der Waals surface area contributed by atoms with E-state index in [-0.39, 0.29) is 16.4 Å². The van der Waals surface area contributed by atoms with Crippen molar-refractivity contribution in [2.24, 2.45) is 5.41 Å². The standard InChI is InChI=1S/C14H18O/c1-12(2)9-7-6-8-10-11(9)14(5,15-10)13(12,3)4/h6-8H,1-5H3. The lowest BCUT2D eigenvalue weighted by atomic mass is 9.63. The number of rotatable bonds is 0. The summed E-state index contributed by atoms with van der Waals surface area (Å²) in [7, 11) is 0. The topological polar surface area (TPSA) is 9.23 Å². The van der Waals surface area contributed by atoms with Gasteiger partial charge in [0.05, 0.1) is 0 Å². The summed E-state index contributed by atoms with van der Waals surface area (Å²) < 4.78 is 6.02. The summed E-state index contributed by atoms with van der Waals surface area (Å²) in [5.41, 5.74) is 3.17. The first-order chi connectivity index (χ1) is 6.82. The fraction of sp³-hybridized carbons (Fsp3) is 0.571. The second kappa shape index (κ2) is 2.09. The number of hydrogen-bond acceptors (Lipinski definition) is 1. The van der Waals surface area contributed by atoms with E-state index >= 15 is 0 Å². The molecule has 1 atom stereocenters. The van der Waals surface area contributed by atoms with Crippen molar-refractivity contribution in [1.82, 2.24) is 0 Å². The molecule has 0 radical (unpaired) electrons. The minimum atomic E-state index is -0.0809. The van der Waals surface area contributed by atoms with Gasteiger partial charge in [-0.15, -0.1) is 0 Å². The van der Waals surface area contributed by atoms with E-state index in [1.54, 1.807) is 0 Å². The van der Waals surface area contributed by atoms with Crippen LogP contribution in [0.2, 0.25) is 0 Å². The Morgan fingerprint density at radius 3 is 2.27 bits per heavy atom. The summed E-state index contributed by atoms with van der Waals surface area (Å²) in [5, 5.41) is 0. The molecule has 1 aliphatic heterocycles. The van der Waals surface area contributed by atoms with Crippen molar-refractivity contribution in [3.05, 3.63) is 29.3 Å². The zero-order valence-electron chi connectivity index (χ0n) is 10.1. The fourth-order valence-electron chi connectivity index (χ4n) is 3.23. The van der Waals surface area contributed by atoms with E-state index in [9.17, 15) is 0 Å². The summed E-state index contributed by atoms with van der Waals surface area (Å²) in [5.74, 6) is 1.09. The third-order valence-electron chi connectivity index (χ3n) is 5.25. The normalized spacial score (nSPS) is 32.9. The Morgan fingerprint density at radius 2 is 1.67 bits per heavy atom. The summed E-state index contributed by atoms with van der Waals surface area (Å²) in [6.45, 7) is 11.5. The van der Waals surface area contributed by atoms with Crippen molar-refractivity contribution in [3.8, 4) is 5.75 Å². The van der Waals surface area contributed by atoms with E-state index in [0.717, 1.165) is 5.75 Å². The summed E-state index contributed by atoms with van der Waals surface area (Å²) in [4.78, 5) is 0. The molecule has 0 saturated heterocycles. The molecule has 1 heteroatoms. The lowest BCUT2D eigenvalue weighted by molar-refractivity contribution is -0.0830. The van der Waals surface area contributed by atoms with Gasteiger partial charge in [-0.2, -0.15) is 0 Å². The molecule has 0 amide bonds. The first-order valence-electron chi connectivity index (χ1n) is 5.65. The largest absolute Gasteiger partial charge is 0.482 e. The first kappa shape index (κ1) is 9.26. The molecule has 3 rings (SSSR count). The Bertz CT molecular complexity index is 450. The van der Waals surface area contributed by atoms with Gasteiger partial charge in [-0.1, -0.05) is 39.8 Å². The van der Waals surface area contributed by atoms with Crippen molar-refractivity contribution in [2.75, 3.05) is 0 Å². The third kappa shape index (κ3) is 0.686. The molecule has 0 fully saturated rings. The quantitative estimate of drug-likeness (QED) is 0.624. The highest BCUT2D eigenvalue weighted by Gasteiger charge is 2.66. The maximum absolute atomic E-state index is 6.02. The van der Waals surface area contributed by atoms with E-state index in [4.69, 9.17) is 4.74 Å². The van der Waals surface area contributed by atoms with Crippen LogP contribution in [0.1, 0.15) is 45.7 Å². The minimum Gasteiger partial charge on any atom is -0.482 e. The highest BCUT2D eigenvalue weighted by atomic mass is 16.5. The van der Waals surface area contributed by atoms with Crippen LogP contribution in [0.15, 0.2) is 18.2 Å². The van der Waals surface area contributed by atoms with Crippen molar-refractivity contribution in [2.45, 2.75) is 45.6 Å². The van der Waals surface area contributed by atoms with Gasteiger partial charge in [0.2, 0.25) is 0 Å². The van der Waals surface area contributed by atoms with Crippen LogP contribution >= 0.6 is 0 Å². The van der Waals surface area contributed by atoms with Crippen LogP contribution in [0.25, 0.3) is 0 Å². The second-order valence-corrected chi connectivity index (χ2v) is 6.06. The SMILES string of the molecule is CC1(C)c2cccc3c2C(C)(O3)C1(C)C. The van der Waals surface area contributed by atoms with E-state index in [1.165, 1.54) is 11.1 Å². The van der Waals surface area contributed by atoms with Crippen molar-refractivity contribution >= 4 is 0 Å². The van der Waals surface area contributed by atoms with Gasteiger partial charge in [0.15, 0.2) is 0 Å². The Hall–Kier alpha value is -0.980. The van der Waals surface area contributed by atoms with Gasteiger partial charge in [0.25, 0.3) is 0 Å². The molecule has 0 spiro atoms. The minimum absolute atomic E-state index is 0.0809. The van der Waals surface area contributed by atoms with Crippen LogP contribution < -0.4 is 4.74 Å². The summed E-state index contributed by atoms with van der Waals surface area (Å²) >= 11 is 0. The zero-order chi connectivity index (χ0) is 11.1. The lowest BCUT2D eigenvalue weighted by Gasteiger charge is -2.50. The third-order valence-corrected chi connectivity index (χ3v) is 5.25. The molecule has 0 N–H and O–H groups in total. The van der Waals surface area contributed by atoms with Crippen LogP contribution in [0.3, 0.4) is 0 Å². The Balaban J connectivity index is 2.38. The van der Waals surface area contributed by atoms with Crippen molar-refractivity contribution in [3.63, 3.8) is 0 Å². The molecule has 1 aliphatic carbocycles. The maximum atomic E-state index is 6.02. The lowest BCUT2D eigenvalue weighted by Crippen LogP contribution is -2.51. The van der Waals surface area contributed by atoms with E-state index in [2.05, 4.69) is 52.8 Å². The Labute approximate surface area is 91.5 Å². The van der Waals surface area contributed by atoms with Crippen LogP contribution in [0, 0.1) is 5.41 Å². The van der Waals surface area contributed by atoms with Gasteiger partial charge < -0.3 is 4.74 Å². The smallest absolute Gasteiger partial charge is 0.141 e. The molecule has 1 heterocycles. The average molecular weight is 202 g/mol. The predicted molar refractivity (Wildman–Crippen MR) is 61.2 cm³/mol. The van der Waals surface area contributed by atoms with Gasteiger partial charge >= 0.3 is 0 Å². The molecular formula is C14H18O. The number of ether oxygens (including phenoxy) is 1. The van der Waals surface area contributed by atoms with Crippen molar-refractivity contribution < 1.29 is 4.74 Å². The zero-order valence-corrected chi connectivity index (χ0v) is 10.1. The van der Waals surface area contributed by atoms with Gasteiger partial charge in [0.1, 0.15) is 11.4 Å². The highest BCUT2D eigenvalue weighted by Crippen LogP contribution is 2.68. The molecule has 1 aromatic carbocycles. The average Bonchev–Trinajstić information content (AvgIpc) is 2.23. The summed E-state index contributed by atoms with van der Waals surface area (Å²) in [6, 6.07) is 6.45. The Kier molecular flexibility index (Phi) is 1.29. The summed E-state index contributed by atoms with van der Waals surface area (Å²) in [6.07, 6.45) is 0. The molecule has 1 aromatic rings. The molecule has 2 aliphatic rings. The van der Waals surface area contributed by atoms with Crippen LogP contribution in [0.5, 0.6) is 5.75 Å². The Morgan fingerprint density at radius 1 is 1.00 bits per heavy atom. The van der Waals surface area contributed by atoms with E-state index < -0.39 is 0 Å². The highest BCUT2D eigenvalue weighted by molar-refractivity contribution is 5.60. The monoisotopic (exact) mass is 202 g/mol. The molecule has 1 unspecified atom stereocenters. The fourth-order valence-corrected chi connectivity index (χ4v) is 3.23. The van der Waals surface area contributed by atoms with Crippen molar-refractivity contribution in [1.29, 1.82) is 0 Å². The van der Waals surface area contributed by atoms with Gasteiger partial charge in [-0.05, 0) is 24.0 Å². The number of benzene rings is 1. The molecule has 1 nitrogen and oxygen atoms in total.